The zero-order valence-corrected chi connectivity index (χ0v) is 29.8. The molecule has 0 aromatic heterocycles. The van der Waals surface area contributed by atoms with Gasteiger partial charge in [-0.25, -0.2) is 6.57 Å². The molecule has 1 saturated heterocycles. The summed E-state index contributed by atoms with van der Waals surface area (Å²) >= 11 is 0. The van der Waals surface area contributed by atoms with Crippen LogP contribution in [0.1, 0.15) is 81.1 Å². The molecule has 0 aromatic carbocycles. The highest BCUT2D eigenvalue weighted by Crippen LogP contribution is 2.39. The van der Waals surface area contributed by atoms with Crippen LogP contribution in [0.5, 0.6) is 0 Å². The summed E-state index contributed by atoms with van der Waals surface area (Å²) in [5.74, 6) is -0.608. The fourth-order valence-corrected chi connectivity index (χ4v) is 7.08. The van der Waals surface area contributed by atoms with Crippen molar-refractivity contribution in [2.24, 2.45) is 35.5 Å². The SMILES string of the molecule is [C-]#[N+][C@H]1/C=C(C)/C=C/C(=O)[C@H](C)C[C@H](CC(OC)OC)[C@H](O[C@@H]2O[C@H](C)[C@@H](C)[C@H](N(C)C)[C@H]2C)[C@@H](C)[C@H](C)CC(=O)O[C@@H]1CC. The molecule has 0 aromatic rings. The Labute approximate surface area is 272 Å². The summed E-state index contributed by atoms with van der Waals surface area (Å²) in [6.07, 6.45) is 4.93. The highest BCUT2D eigenvalue weighted by molar-refractivity contribution is 5.91. The molecule has 0 spiro atoms. The number of hydrogen-bond acceptors (Lipinski definition) is 8. The number of cyclic esters (lactones) is 1. The van der Waals surface area contributed by atoms with Crippen LogP contribution in [0.2, 0.25) is 0 Å². The Bertz CT molecular complexity index is 1050. The average molecular weight is 633 g/mol. The fraction of sp³-hybridized carbons (Fsp3) is 0.806. The smallest absolute Gasteiger partial charge is 0.306 e. The Kier molecular flexibility index (Phi) is 15.9. The molecule has 0 radical (unpaired) electrons. The molecule has 0 unspecified atom stereocenters. The van der Waals surface area contributed by atoms with E-state index in [4.69, 9.17) is 30.3 Å². The van der Waals surface area contributed by atoms with E-state index in [-0.39, 0.29) is 66.0 Å². The lowest BCUT2D eigenvalue weighted by molar-refractivity contribution is -0.278. The van der Waals surface area contributed by atoms with E-state index in [1.165, 1.54) is 0 Å². The minimum absolute atomic E-state index is 0.000846. The summed E-state index contributed by atoms with van der Waals surface area (Å²) in [6, 6.07) is -0.378. The molecule has 2 rings (SSSR count). The predicted molar refractivity (Wildman–Crippen MR) is 176 cm³/mol. The quantitative estimate of drug-likeness (QED) is 0.174. The normalized spacial score (nSPS) is 39.6. The topological polar surface area (TPSA) is 87.9 Å². The summed E-state index contributed by atoms with van der Waals surface area (Å²) in [6.45, 7) is 24.1. The molecule has 1 fully saturated rings. The molecule has 9 nitrogen and oxygen atoms in total. The molecule has 2 aliphatic heterocycles. The number of esters is 1. The van der Waals surface area contributed by atoms with Gasteiger partial charge in [-0.05, 0) is 76.1 Å². The van der Waals surface area contributed by atoms with Crippen LogP contribution < -0.4 is 0 Å². The Morgan fingerprint density at radius 2 is 1.67 bits per heavy atom. The van der Waals surface area contributed by atoms with Crippen molar-refractivity contribution in [1.82, 2.24) is 4.90 Å². The zero-order valence-electron chi connectivity index (χ0n) is 29.8. The van der Waals surface area contributed by atoms with Crippen LogP contribution in [0.4, 0.5) is 0 Å². The number of methoxy groups -OCH3 is 2. The van der Waals surface area contributed by atoms with E-state index >= 15 is 0 Å². The Morgan fingerprint density at radius 1 is 1.02 bits per heavy atom. The molecule has 0 bridgehead atoms. The molecule has 9 heteroatoms. The van der Waals surface area contributed by atoms with Gasteiger partial charge < -0.3 is 33.4 Å². The molecule has 2 heterocycles. The number of allylic oxidation sites excluding steroid dienone is 3. The van der Waals surface area contributed by atoms with E-state index in [0.29, 0.717) is 25.2 Å². The standard InChI is InChI=1S/C36H60N2O7/c1-14-31-29(37-9)17-21(2)15-16-30(39)23(4)18-28(20-33(41-12)42-13)35(24(5)22(3)19-32(40)44-31)45-36-26(7)34(38(10)11)25(6)27(8)43-36/h15-17,22-29,31,33-36H,14,18-20H2,1-8,10-13H3/b16-15+,21-17+/t22-,23-,24+,25-,26-,27-,28-,29+,31-,34+,35-,36+/m1/s1. The molecule has 0 aliphatic carbocycles. The van der Waals surface area contributed by atoms with Crippen molar-refractivity contribution in [2.75, 3.05) is 28.3 Å². The lowest BCUT2D eigenvalue weighted by Crippen LogP contribution is -2.56. The first-order chi connectivity index (χ1) is 21.2. The number of ketones is 1. The van der Waals surface area contributed by atoms with Crippen molar-refractivity contribution in [3.8, 4) is 0 Å². The minimum atomic E-state index is -0.629. The minimum Gasteiger partial charge on any atom is -0.454 e. The van der Waals surface area contributed by atoms with Gasteiger partial charge in [-0.3, -0.25) is 9.59 Å². The summed E-state index contributed by atoms with van der Waals surface area (Å²) in [7, 11) is 7.43. The summed E-state index contributed by atoms with van der Waals surface area (Å²) in [5, 5.41) is 0. The molecule has 256 valence electrons. The highest BCUT2D eigenvalue weighted by Gasteiger charge is 2.45. The Morgan fingerprint density at radius 3 is 2.22 bits per heavy atom. The molecular weight excluding hydrogens is 572 g/mol. The van der Waals surface area contributed by atoms with Gasteiger partial charge in [0.05, 0.1) is 12.2 Å². The first kappa shape index (κ1) is 39.1. The second-order valence-electron chi connectivity index (χ2n) is 13.8. The third-order valence-corrected chi connectivity index (χ3v) is 10.2. The second kappa shape index (κ2) is 18.3. The number of nitrogens with zero attached hydrogens (tertiary/aromatic N) is 2. The molecule has 0 saturated carbocycles. The maximum atomic E-state index is 13.5. The van der Waals surface area contributed by atoms with Crippen molar-refractivity contribution in [1.29, 1.82) is 0 Å². The Hall–Kier alpha value is -2.09. The van der Waals surface area contributed by atoms with E-state index in [1.54, 1.807) is 32.4 Å². The largest absolute Gasteiger partial charge is 0.454 e. The van der Waals surface area contributed by atoms with Gasteiger partial charge in [-0.2, -0.15) is 0 Å². The van der Waals surface area contributed by atoms with Crippen molar-refractivity contribution >= 4 is 11.8 Å². The predicted octanol–water partition coefficient (Wildman–Crippen LogP) is 6.33. The molecule has 0 amide bonds. The van der Waals surface area contributed by atoms with Crippen molar-refractivity contribution in [2.45, 2.75) is 124 Å². The number of rotatable bonds is 8. The number of ether oxygens (including phenoxy) is 5. The number of carbonyl (C=O) groups is 2. The second-order valence-corrected chi connectivity index (χ2v) is 13.8. The van der Waals surface area contributed by atoms with E-state index < -0.39 is 24.7 Å². The Balaban J connectivity index is 2.61. The van der Waals surface area contributed by atoms with E-state index in [1.807, 2.05) is 27.7 Å². The van der Waals surface area contributed by atoms with Crippen molar-refractivity contribution in [3.05, 3.63) is 35.2 Å². The molecular formula is C36H60N2O7. The molecule has 2 aliphatic rings. The van der Waals surface area contributed by atoms with Gasteiger partial charge in [0.2, 0.25) is 0 Å². The van der Waals surface area contributed by atoms with Crippen LogP contribution in [-0.2, 0) is 33.3 Å². The van der Waals surface area contributed by atoms with Gasteiger partial charge in [0.25, 0.3) is 6.04 Å². The van der Waals surface area contributed by atoms with Crippen LogP contribution in [-0.4, -0.2) is 87.9 Å². The first-order valence-corrected chi connectivity index (χ1v) is 16.7. The van der Waals surface area contributed by atoms with E-state index in [2.05, 4.69) is 51.5 Å². The number of hydrogen-bond donors (Lipinski definition) is 0. The summed E-state index contributed by atoms with van der Waals surface area (Å²) < 4.78 is 30.8. The zero-order chi connectivity index (χ0) is 34.0. The van der Waals surface area contributed by atoms with Gasteiger partial charge in [0, 0.05) is 51.0 Å². The van der Waals surface area contributed by atoms with Crippen LogP contribution in [0.25, 0.3) is 4.85 Å². The lowest BCUT2D eigenvalue weighted by Gasteiger charge is -2.48. The monoisotopic (exact) mass is 632 g/mol. The van der Waals surface area contributed by atoms with Crippen molar-refractivity contribution in [3.63, 3.8) is 0 Å². The molecule has 45 heavy (non-hydrogen) atoms. The van der Waals surface area contributed by atoms with Gasteiger partial charge in [-0.15, -0.1) is 0 Å². The maximum absolute atomic E-state index is 13.5. The van der Waals surface area contributed by atoms with E-state index in [0.717, 1.165) is 5.57 Å². The summed E-state index contributed by atoms with van der Waals surface area (Å²) in [4.78, 5) is 32.8. The van der Waals surface area contributed by atoms with Crippen LogP contribution in [0.3, 0.4) is 0 Å². The maximum Gasteiger partial charge on any atom is 0.306 e. The molecule has 0 N–H and O–H groups in total. The van der Waals surface area contributed by atoms with Gasteiger partial charge >= 0.3 is 5.97 Å². The third kappa shape index (κ3) is 10.7. The van der Waals surface area contributed by atoms with Gasteiger partial charge in [0.15, 0.2) is 24.5 Å². The third-order valence-electron chi connectivity index (χ3n) is 10.2. The molecule has 12 atom stereocenters. The number of carbonyl (C=O) groups excluding carboxylic acids is 2. The fourth-order valence-electron chi connectivity index (χ4n) is 7.08. The summed E-state index contributed by atoms with van der Waals surface area (Å²) in [5.41, 5.74) is 0.777. The van der Waals surface area contributed by atoms with Gasteiger partial charge in [0.1, 0.15) is 0 Å². The van der Waals surface area contributed by atoms with Crippen LogP contribution in [0.15, 0.2) is 23.8 Å². The average Bonchev–Trinajstić information content (AvgIpc) is 2.99. The van der Waals surface area contributed by atoms with Crippen LogP contribution in [0, 0.1) is 42.1 Å². The van der Waals surface area contributed by atoms with Crippen LogP contribution >= 0.6 is 0 Å². The lowest BCUT2D eigenvalue weighted by atomic mass is 9.76. The van der Waals surface area contributed by atoms with E-state index in [9.17, 15) is 9.59 Å². The van der Waals surface area contributed by atoms with Crippen molar-refractivity contribution < 1.29 is 33.3 Å². The van der Waals surface area contributed by atoms with Gasteiger partial charge in [-0.1, -0.05) is 47.6 Å². The highest BCUT2D eigenvalue weighted by atomic mass is 16.7. The first-order valence-electron chi connectivity index (χ1n) is 16.7.